The number of hydrogen-bond acceptors (Lipinski definition) is 8. The largest absolute Gasteiger partial charge is 0.383 e. The van der Waals surface area contributed by atoms with Crippen molar-refractivity contribution in [3.8, 4) is 0 Å². The third-order valence-electron chi connectivity index (χ3n) is 5.64. The third kappa shape index (κ3) is 2.92. The Bertz CT molecular complexity index is 975. The van der Waals surface area contributed by atoms with Gasteiger partial charge >= 0.3 is 0 Å². The third-order valence-corrected chi connectivity index (χ3v) is 6.23. The first-order valence-corrected chi connectivity index (χ1v) is 10.3. The lowest BCUT2D eigenvalue weighted by Gasteiger charge is -2.22. The molecule has 0 spiro atoms. The van der Waals surface area contributed by atoms with Crippen molar-refractivity contribution in [3.05, 3.63) is 29.2 Å². The molecule has 146 valence electrons. The zero-order valence-corrected chi connectivity index (χ0v) is 16.4. The molecule has 9 nitrogen and oxygen atoms in total. The van der Waals surface area contributed by atoms with Crippen LogP contribution in [-0.2, 0) is 11.3 Å². The molecule has 2 aliphatic heterocycles. The second kappa shape index (κ2) is 7.10. The van der Waals surface area contributed by atoms with E-state index in [1.54, 1.807) is 25.3 Å². The minimum absolute atomic E-state index is 0.0449. The van der Waals surface area contributed by atoms with E-state index in [-0.39, 0.29) is 5.91 Å². The van der Waals surface area contributed by atoms with Crippen LogP contribution in [0.25, 0.3) is 11.2 Å². The van der Waals surface area contributed by atoms with Crippen LogP contribution < -0.4 is 4.90 Å². The van der Waals surface area contributed by atoms with Crippen LogP contribution in [-0.4, -0.2) is 75.2 Å². The Balaban J connectivity index is 1.32. The predicted octanol–water partition coefficient (Wildman–Crippen LogP) is 1.14. The van der Waals surface area contributed by atoms with E-state index in [2.05, 4.69) is 24.8 Å². The molecule has 3 aromatic heterocycles. The van der Waals surface area contributed by atoms with Crippen LogP contribution in [0.2, 0.25) is 0 Å². The summed E-state index contributed by atoms with van der Waals surface area (Å²) in [6.07, 6.45) is 3.40. The van der Waals surface area contributed by atoms with Gasteiger partial charge in [0.25, 0.3) is 5.91 Å². The minimum Gasteiger partial charge on any atom is -0.383 e. The van der Waals surface area contributed by atoms with Crippen molar-refractivity contribution in [1.29, 1.82) is 0 Å². The highest BCUT2D eigenvalue weighted by atomic mass is 32.1. The highest BCUT2D eigenvalue weighted by Crippen LogP contribution is 2.35. The number of thiazole rings is 1. The molecule has 2 saturated heterocycles. The molecule has 2 aliphatic rings. The summed E-state index contributed by atoms with van der Waals surface area (Å²) in [5.74, 6) is 1.82. The molecule has 0 radical (unpaired) electrons. The first-order valence-electron chi connectivity index (χ1n) is 9.31. The summed E-state index contributed by atoms with van der Waals surface area (Å²) in [5, 5.41) is 1.82. The van der Waals surface area contributed by atoms with Crippen LogP contribution in [0.3, 0.4) is 0 Å². The number of fused-ring (bicyclic) bond motifs is 2. The summed E-state index contributed by atoms with van der Waals surface area (Å²) < 4.78 is 7.16. The van der Waals surface area contributed by atoms with Gasteiger partial charge in [-0.25, -0.2) is 19.9 Å². The van der Waals surface area contributed by atoms with Gasteiger partial charge in [-0.05, 0) is 0 Å². The monoisotopic (exact) mass is 399 g/mol. The SMILES string of the molecule is COCCn1cnc2c(N3CC4CN(C(=O)c5cscn5)CC4C3)ncnc21. The van der Waals surface area contributed by atoms with Crippen molar-refractivity contribution in [2.24, 2.45) is 11.8 Å². The molecule has 1 amide bonds. The molecule has 28 heavy (non-hydrogen) atoms. The smallest absolute Gasteiger partial charge is 0.273 e. The number of likely N-dealkylation sites (tertiary alicyclic amines) is 1. The summed E-state index contributed by atoms with van der Waals surface area (Å²) >= 11 is 1.46. The van der Waals surface area contributed by atoms with Gasteiger partial charge < -0.3 is 19.1 Å². The number of nitrogens with zero attached hydrogens (tertiary/aromatic N) is 7. The zero-order chi connectivity index (χ0) is 19.1. The van der Waals surface area contributed by atoms with Crippen LogP contribution in [0.1, 0.15) is 10.5 Å². The first kappa shape index (κ1) is 17.5. The van der Waals surface area contributed by atoms with E-state index in [1.165, 1.54) is 11.3 Å². The van der Waals surface area contributed by atoms with Gasteiger partial charge in [0.1, 0.15) is 12.0 Å². The van der Waals surface area contributed by atoms with Crippen LogP contribution >= 0.6 is 11.3 Å². The van der Waals surface area contributed by atoms with Crippen LogP contribution in [0.5, 0.6) is 0 Å². The molecule has 2 atom stereocenters. The second-order valence-corrected chi connectivity index (χ2v) is 8.03. The van der Waals surface area contributed by atoms with E-state index in [4.69, 9.17) is 4.74 Å². The lowest BCUT2D eigenvalue weighted by atomic mass is 10.0. The van der Waals surface area contributed by atoms with Gasteiger partial charge in [-0.15, -0.1) is 11.3 Å². The van der Waals surface area contributed by atoms with Gasteiger partial charge in [0.05, 0.1) is 18.4 Å². The Hall–Kier alpha value is -2.59. The molecule has 0 saturated carbocycles. The van der Waals surface area contributed by atoms with Crippen molar-refractivity contribution < 1.29 is 9.53 Å². The van der Waals surface area contributed by atoms with Crippen molar-refractivity contribution >= 4 is 34.2 Å². The normalized spacial score (nSPS) is 21.6. The highest BCUT2D eigenvalue weighted by molar-refractivity contribution is 7.07. The topological polar surface area (TPSA) is 89.3 Å². The maximum Gasteiger partial charge on any atom is 0.273 e. The molecule has 3 aromatic rings. The van der Waals surface area contributed by atoms with E-state index in [1.807, 2.05) is 14.8 Å². The summed E-state index contributed by atoms with van der Waals surface area (Å²) in [7, 11) is 1.69. The fourth-order valence-corrected chi connectivity index (χ4v) is 4.79. The molecular weight excluding hydrogens is 378 g/mol. The number of rotatable bonds is 5. The Morgan fingerprint density at radius 1 is 1.18 bits per heavy atom. The average Bonchev–Trinajstić information content (AvgIpc) is 3.48. The first-order chi connectivity index (χ1) is 13.7. The fraction of sp³-hybridized carbons (Fsp3) is 0.500. The van der Waals surface area contributed by atoms with Gasteiger partial charge in [0, 0.05) is 57.0 Å². The molecule has 5 heterocycles. The lowest BCUT2D eigenvalue weighted by Crippen LogP contribution is -2.33. The Morgan fingerprint density at radius 2 is 2.00 bits per heavy atom. The van der Waals surface area contributed by atoms with Gasteiger partial charge in [0.15, 0.2) is 17.0 Å². The number of methoxy groups -OCH3 is 1. The van der Waals surface area contributed by atoms with Gasteiger partial charge in [-0.3, -0.25) is 4.79 Å². The van der Waals surface area contributed by atoms with Crippen molar-refractivity contribution in [2.45, 2.75) is 6.54 Å². The van der Waals surface area contributed by atoms with Gasteiger partial charge in [-0.2, -0.15) is 0 Å². The zero-order valence-electron chi connectivity index (χ0n) is 15.6. The number of aromatic nitrogens is 5. The second-order valence-electron chi connectivity index (χ2n) is 7.31. The number of hydrogen-bond donors (Lipinski definition) is 0. The van der Waals surface area contributed by atoms with Gasteiger partial charge in [-0.1, -0.05) is 0 Å². The summed E-state index contributed by atoms with van der Waals surface area (Å²) in [6, 6.07) is 0. The highest BCUT2D eigenvalue weighted by Gasteiger charge is 2.43. The molecule has 0 aromatic carbocycles. The Kier molecular flexibility index (Phi) is 4.44. The molecule has 0 bridgehead atoms. The number of imidazole rings is 1. The van der Waals surface area contributed by atoms with E-state index in [9.17, 15) is 4.79 Å². The maximum atomic E-state index is 12.6. The van der Waals surface area contributed by atoms with Crippen molar-refractivity contribution in [2.75, 3.05) is 44.8 Å². The quantitative estimate of drug-likeness (QED) is 0.635. The van der Waals surface area contributed by atoms with E-state index in [0.717, 1.165) is 43.2 Å². The van der Waals surface area contributed by atoms with Gasteiger partial charge in [0.2, 0.25) is 0 Å². The van der Waals surface area contributed by atoms with E-state index >= 15 is 0 Å². The van der Waals surface area contributed by atoms with Crippen LogP contribution in [0.15, 0.2) is 23.5 Å². The van der Waals surface area contributed by atoms with Crippen LogP contribution in [0, 0.1) is 11.8 Å². The molecule has 0 N–H and O–H groups in total. The molecule has 10 heteroatoms. The van der Waals surface area contributed by atoms with Crippen molar-refractivity contribution in [1.82, 2.24) is 29.4 Å². The molecule has 2 unspecified atom stereocenters. The maximum absolute atomic E-state index is 12.6. The molecule has 2 fully saturated rings. The Morgan fingerprint density at radius 3 is 2.71 bits per heavy atom. The Labute approximate surface area is 166 Å². The average molecular weight is 399 g/mol. The number of carbonyl (C=O) groups is 1. The molecular formula is C18H21N7O2S. The summed E-state index contributed by atoms with van der Waals surface area (Å²) in [6.45, 7) is 4.62. The number of carbonyl (C=O) groups excluding carboxylic acids is 1. The number of amides is 1. The summed E-state index contributed by atoms with van der Waals surface area (Å²) in [5.41, 5.74) is 3.92. The van der Waals surface area contributed by atoms with Crippen LogP contribution in [0.4, 0.5) is 5.82 Å². The molecule has 5 rings (SSSR count). The fourth-order valence-electron chi connectivity index (χ4n) is 4.27. The number of anilines is 1. The predicted molar refractivity (Wildman–Crippen MR) is 104 cm³/mol. The standard InChI is InChI=1S/C18H21N7O2S/c1-27-3-2-23-10-21-15-16(23)19-9-20-17(15)24-4-12-6-25(7-13(12)5-24)18(26)14-8-28-11-22-14/h8-13H,2-7H2,1H3. The molecule has 0 aliphatic carbocycles. The lowest BCUT2D eigenvalue weighted by molar-refractivity contribution is 0.0777. The minimum atomic E-state index is 0.0449. The van der Waals surface area contributed by atoms with E-state index < -0.39 is 0 Å². The number of ether oxygens (including phenoxy) is 1. The summed E-state index contributed by atoms with van der Waals surface area (Å²) in [4.78, 5) is 34.4. The van der Waals surface area contributed by atoms with E-state index in [0.29, 0.717) is 30.7 Å². The van der Waals surface area contributed by atoms with Crippen molar-refractivity contribution in [3.63, 3.8) is 0 Å².